The van der Waals surface area contributed by atoms with E-state index in [0.717, 1.165) is 41.4 Å². The van der Waals surface area contributed by atoms with E-state index in [-0.39, 0.29) is 11.9 Å². The summed E-state index contributed by atoms with van der Waals surface area (Å²) in [4.78, 5) is 19.0. The van der Waals surface area contributed by atoms with Crippen molar-refractivity contribution in [2.24, 2.45) is 0 Å². The van der Waals surface area contributed by atoms with Crippen LogP contribution in [0.4, 0.5) is 0 Å². The number of amides is 1. The fourth-order valence-corrected chi connectivity index (χ4v) is 4.01. The third-order valence-electron chi connectivity index (χ3n) is 5.74. The molecule has 9 nitrogen and oxygen atoms in total. The summed E-state index contributed by atoms with van der Waals surface area (Å²) in [7, 11) is 1.69. The van der Waals surface area contributed by atoms with Gasteiger partial charge in [0.1, 0.15) is 18.1 Å². The van der Waals surface area contributed by atoms with E-state index < -0.39 is 0 Å². The van der Waals surface area contributed by atoms with Crippen LogP contribution in [0, 0.1) is 13.8 Å². The molecule has 1 aliphatic rings. The second-order valence-corrected chi connectivity index (χ2v) is 7.78. The number of carbonyl (C=O) groups excluding carboxylic acids is 1. The first-order chi connectivity index (χ1) is 15.1. The molecule has 1 fully saturated rings. The highest BCUT2D eigenvalue weighted by atomic mass is 16.5. The molecule has 0 spiro atoms. The molecule has 164 valence electrons. The zero-order valence-corrected chi connectivity index (χ0v) is 18.2. The Morgan fingerprint density at radius 2 is 2.06 bits per heavy atom. The van der Waals surface area contributed by atoms with Gasteiger partial charge in [-0.3, -0.25) is 9.78 Å². The third-order valence-corrected chi connectivity index (χ3v) is 5.74. The molecule has 0 N–H and O–H groups in total. The Hall–Kier alpha value is -3.20. The highest BCUT2D eigenvalue weighted by Crippen LogP contribution is 2.25. The molecule has 3 aromatic heterocycles. The van der Waals surface area contributed by atoms with Crippen molar-refractivity contribution in [1.82, 2.24) is 29.4 Å². The van der Waals surface area contributed by atoms with Gasteiger partial charge in [0.25, 0.3) is 5.91 Å². The van der Waals surface area contributed by atoms with Crippen molar-refractivity contribution >= 4 is 5.91 Å². The van der Waals surface area contributed by atoms with E-state index in [2.05, 4.69) is 19.9 Å². The molecular formula is C22H28N6O3. The van der Waals surface area contributed by atoms with Crippen molar-refractivity contribution in [1.29, 1.82) is 0 Å². The van der Waals surface area contributed by atoms with Crippen molar-refractivity contribution < 1.29 is 14.3 Å². The lowest BCUT2D eigenvalue weighted by molar-refractivity contribution is 0.0786. The number of aryl methyl sites for hydroxylation is 1. The molecule has 1 amide bonds. The topological polar surface area (TPSA) is 87.3 Å². The van der Waals surface area contributed by atoms with Crippen molar-refractivity contribution in [3.05, 3.63) is 59.4 Å². The van der Waals surface area contributed by atoms with Crippen molar-refractivity contribution in [2.75, 3.05) is 26.8 Å². The van der Waals surface area contributed by atoms with Gasteiger partial charge in [-0.05, 0) is 38.5 Å². The number of nitrogens with zero attached hydrogens (tertiary/aromatic N) is 6. The minimum atomic E-state index is 0.0700. The van der Waals surface area contributed by atoms with Gasteiger partial charge in [0, 0.05) is 50.5 Å². The zero-order valence-electron chi connectivity index (χ0n) is 18.2. The van der Waals surface area contributed by atoms with Crippen molar-refractivity contribution in [3.63, 3.8) is 0 Å². The minimum absolute atomic E-state index is 0.0700. The van der Waals surface area contributed by atoms with Crippen LogP contribution in [-0.4, -0.2) is 62.2 Å². The van der Waals surface area contributed by atoms with Crippen LogP contribution in [-0.2, 0) is 17.9 Å². The first-order valence-electron chi connectivity index (χ1n) is 10.4. The van der Waals surface area contributed by atoms with E-state index in [1.807, 2.05) is 35.7 Å². The fraction of sp³-hybridized carbons (Fsp3) is 0.455. The van der Waals surface area contributed by atoms with Crippen LogP contribution in [0.5, 0.6) is 5.75 Å². The molecule has 4 rings (SSSR count). The van der Waals surface area contributed by atoms with Gasteiger partial charge >= 0.3 is 0 Å². The average Bonchev–Trinajstić information content (AvgIpc) is 3.51. The standard InChI is InChI=1S/C22H28N6O3/c1-16-12-21(17(2)27(16)10-11-30-3)22(29)26-9-6-19(14-26)28-13-18(24-25-28)15-31-20-4-7-23-8-5-20/h4-5,7-8,12-13,19H,6,9-11,14-15H2,1-3H3. The molecule has 1 aliphatic heterocycles. The van der Waals surface area contributed by atoms with Gasteiger partial charge in [-0.15, -0.1) is 5.10 Å². The summed E-state index contributed by atoms with van der Waals surface area (Å²) >= 11 is 0. The smallest absolute Gasteiger partial charge is 0.255 e. The van der Waals surface area contributed by atoms with Crippen LogP contribution in [0.1, 0.15) is 39.9 Å². The number of likely N-dealkylation sites (tertiary alicyclic amines) is 1. The van der Waals surface area contributed by atoms with E-state index in [0.29, 0.717) is 26.3 Å². The average molecular weight is 425 g/mol. The molecule has 0 aliphatic carbocycles. The Morgan fingerprint density at radius 1 is 1.26 bits per heavy atom. The van der Waals surface area contributed by atoms with Crippen molar-refractivity contribution in [2.45, 2.75) is 39.5 Å². The van der Waals surface area contributed by atoms with Crippen LogP contribution >= 0.6 is 0 Å². The molecule has 0 aromatic carbocycles. The maximum atomic E-state index is 13.2. The monoisotopic (exact) mass is 424 g/mol. The maximum Gasteiger partial charge on any atom is 0.255 e. The Balaban J connectivity index is 1.37. The van der Waals surface area contributed by atoms with Gasteiger partial charge in [-0.25, -0.2) is 4.68 Å². The summed E-state index contributed by atoms with van der Waals surface area (Å²) in [6.45, 7) is 7.05. The predicted molar refractivity (Wildman–Crippen MR) is 114 cm³/mol. The van der Waals surface area contributed by atoms with Gasteiger partial charge in [0.2, 0.25) is 0 Å². The molecule has 0 saturated carbocycles. The van der Waals surface area contributed by atoms with Gasteiger partial charge in [-0.2, -0.15) is 0 Å². The summed E-state index contributed by atoms with van der Waals surface area (Å²) < 4.78 is 14.9. The first-order valence-corrected chi connectivity index (χ1v) is 10.4. The lowest BCUT2D eigenvalue weighted by Gasteiger charge is -2.17. The van der Waals surface area contributed by atoms with Gasteiger partial charge < -0.3 is 18.9 Å². The quantitative estimate of drug-likeness (QED) is 0.552. The summed E-state index contributed by atoms with van der Waals surface area (Å²) in [6, 6.07) is 5.70. The highest BCUT2D eigenvalue weighted by Gasteiger charge is 2.30. The largest absolute Gasteiger partial charge is 0.487 e. The summed E-state index contributed by atoms with van der Waals surface area (Å²) in [5.41, 5.74) is 3.57. The first kappa shape index (κ1) is 21.0. The minimum Gasteiger partial charge on any atom is -0.487 e. The van der Waals surface area contributed by atoms with Crippen LogP contribution in [0.15, 0.2) is 36.8 Å². The number of rotatable bonds is 8. The third kappa shape index (κ3) is 4.61. The second kappa shape index (κ2) is 9.30. The van der Waals surface area contributed by atoms with E-state index in [1.54, 1.807) is 31.6 Å². The van der Waals surface area contributed by atoms with Crippen LogP contribution in [0.2, 0.25) is 0 Å². The van der Waals surface area contributed by atoms with Gasteiger partial charge in [0.05, 0.1) is 24.4 Å². The Labute approximate surface area is 181 Å². The molecular weight excluding hydrogens is 396 g/mol. The number of aromatic nitrogens is 5. The number of ether oxygens (including phenoxy) is 2. The molecule has 9 heteroatoms. The Morgan fingerprint density at radius 3 is 2.84 bits per heavy atom. The molecule has 3 aromatic rings. The zero-order chi connectivity index (χ0) is 21.8. The normalized spacial score (nSPS) is 16.1. The predicted octanol–water partition coefficient (Wildman–Crippen LogP) is 2.40. The molecule has 31 heavy (non-hydrogen) atoms. The van der Waals surface area contributed by atoms with Crippen molar-refractivity contribution in [3.8, 4) is 5.75 Å². The maximum absolute atomic E-state index is 13.2. The lowest BCUT2D eigenvalue weighted by atomic mass is 10.2. The van der Waals surface area contributed by atoms with Crippen LogP contribution in [0.3, 0.4) is 0 Å². The van der Waals surface area contributed by atoms with E-state index in [1.165, 1.54) is 0 Å². The van der Waals surface area contributed by atoms with Gasteiger partial charge in [0.15, 0.2) is 0 Å². The molecule has 1 atom stereocenters. The SMILES string of the molecule is COCCn1c(C)cc(C(=O)N2CCC(n3cc(COc4ccncc4)nn3)C2)c1C. The fourth-order valence-electron chi connectivity index (χ4n) is 4.01. The number of carbonyl (C=O) groups is 1. The molecule has 1 saturated heterocycles. The van der Waals surface area contributed by atoms with Crippen LogP contribution < -0.4 is 4.74 Å². The van der Waals surface area contributed by atoms with E-state index in [9.17, 15) is 4.79 Å². The summed E-state index contributed by atoms with van der Waals surface area (Å²) in [6.07, 6.45) is 6.12. The molecule has 4 heterocycles. The summed E-state index contributed by atoms with van der Waals surface area (Å²) in [5, 5.41) is 8.48. The lowest BCUT2D eigenvalue weighted by Crippen LogP contribution is -2.29. The molecule has 1 unspecified atom stereocenters. The number of methoxy groups -OCH3 is 1. The van der Waals surface area contributed by atoms with E-state index in [4.69, 9.17) is 9.47 Å². The number of hydrogen-bond donors (Lipinski definition) is 0. The molecule has 0 radical (unpaired) electrons. The van der Waals surface area contributed by atoms with Crippen LogP contribution in [0.25, 0.3) is 0 Å². The Kier molecular flexibility index (Phi) is 6.31. The highest BCUT2D eigenvalue weighted by molar-refractivity contribution is 5.96. The van der Waals surface area contributed by atoms with E-state index >= 15 is 0 Å². The second-order valence-electron chi connectivity index (χ2n) is 7.78. The molecule has 0 bridgehead atoms. The number of hydrogen-bond acceptors (Lipinski definition) is 6. The summed E-state index contributed by atoms with van der Waals surface area (Å²) in [5.74, 6) is 0.811. The van der Waals surface area contributed by atoms with Gasteiger partial charge in [-0.1, -0.05) is 5.21 Å². The number of pyridine rings is 1. The Bertz CT molecular complexity index is 1030.